The van der Waals surface area contributed by atoms with E-state index < -0.39 is 51.8 Å². The average Bonchev–Trinajstić information content (AvgIpc) is 3.31. The molecule has 0 spiro atoms. The molecule has 0 bridgehead atoms. The number of alkyl halides is 1. The Morgan fingerprint density at radius 1 is 1.19 bits per heavy atom. The molecule has 4 unspecified atom stereocenters. The van der Waals surface area contributed by atoms with E-state index in [-0.39, 0.29) is 42.7 Å². The minimum Gasteiger partial charge on any atom is -0.444 e. The van der Waals surface area contributed by atoms with Gasteiger partial charge in [0.15, 0.2) is 9.84 Å². The molecule has 5 atom stereocenters. The molecule has 1 aliphatic heterocycles. The molecule has 43 heavy (non-hydrogen) atoms. The van der Waals surface area contributed by atoms with E-state index in [9.17, 15) is 23.1 Å². The summed E-state index contributed by atoms with van der Waals surface area (Å²) >= 11 is 0. The fourth-order valence-corrected chi connectivity index (χ4v) is 5.12. The lowest BCUT2D eigenvalue weighted by Crippen LogP contribution is -2.57. The van der Waals surface area contributed by atoms with E-state index in [4.69, 9.17) is 4.74 Å². The SMILES string of the molecule is CC[C@H](C)Nc1cc(C(=O)NC(Cc2ccccc2)C(O)C2C(F)CCN2C(=O)OC(C)(C)C)cc(NCS(C)(=O)=O)n1. The molecular formula is C30H44FN5O6S. The van der Waals surface area contributed by atoms with Crippen LogP contribution in [0.1, 0.15) is 63.4 Å². The number of aliphatic hydroxyl groups excluding tert-OH is 1. The molecule has 2 heterocycles. The topological polar surface area (TPSA) is 150 Å². The normalized spacial score (nSPS) is 19.3. The Kier molecular flexibility index (Phi) is 11.4. The van der Waals surface area contributed by atoms with E-state index in [0.29, 0.717) is 5.82 Å². The number of amides is 2. The van der Waals surface area contributed by atoms with Gasteiger partial charge in [-0.1, -0.05) is 37.3 Å². The maximum absolute atomic E-state index is 15.3. The summed E-state index contributed by atoms with van der Waals surface area (Å²) in [4.78, 5) is 32.2. The van der Waals surface area contributed by atoms with Crippen molar-refractivity contribution in [2.24, 2.45) is 0 Å². The average molecular weight is 622 g/mol. The van der Waals surface area contributed by atoms with Gasteiger partial charge < -0.3 is 25.8 Å². The second kappa shape index (κ2) is 14.3. The van der Waals surface area contributed by atoms with Crippen molar-refractivity contribution >= 4 is 33.5 Å². The van der Waals surface area contributed by atoms with E-state index in [1.54, 1.807) is 20.8 Å². The second-order valence-corrected chi connectivity index (χ2v) is 14.2. The second-order valence-electron chi connectivity index (χ2n) is 12.1. The number of likely N-dealkylation sites (tertiary alicyclic amines) is 1. The zero-order chi connectivity index (χ0) is 31.9. The largest absolute Gasteiger partial charge is 0.444 e. The molecule has 2 aromatic rings. The molecule has 238 valence electrons. The molecule has 1 fully saturated rings. The zero-order valence-electron chi connectivity index (χ0n) is 25.6. The first-order chi connectivity index (χ1) is 20.1. The van der Waals surface area contributed by atoms with E-state index in [1.165, 1.54) is 17.0 Å². The predicted octanol–water partition coefficient (Wildman–Crippen LogP) is 3.76. The molecule has 1 aromatic heterocycles. The molecule has 1 aliphatic rings. The van der Waals surface area contributed by atoms with Gasteiger partial charge in [0.05, 0.1) is 18.2 Å². The van der Waals surface area contributed by atoms with Crippen molar-refractivity contribution in [1.29, 1.82) is 0 Å². The van der Waals surface area contributed by atoms with Crippen molar-refractivity contribution in [2.45, 2.75) is 89.9 Å². The summed E-state index contributed by atoms with van der Waals surface area (Å²) in [5.74, 6) is -0.452. The van der Waals surface area contributed by atoms with Crippen molar-refractivity contribution in [2.75, 3.05) is 29.3 Å². The van der Waals surface area contributed by atoms with Crippen LogP contribution in [0.5, 0.6) is 0 Å². The minimum atomic E-state index is -3.38. The molecular weight excluding hydrogens is 577 g/mol. The third-order valence-corrected chi connectivity index (χ3v) is 7.66. The number of hydrogen-bond acceptors (Lipinski definition) is 9. The summed E-state index contributed by atoms with van der Waals surface area (Å²) < 4.78 is 44.3. The van der Waals surface area contributed by atoms with Crippen molar-refractivity contribution in [3.05, 3.63) is 53.6 Å². The monoisotopic (exact) mass is 621 g/mol. The van der Waals surface area contributed by atoms with E-state index in [1.807, 2.05) is 44.2 Å². The Morgan fingerprint density at radius 3 is 2.44 bits per heavy atom. The highest BCUT2D eigenvalue weighted by atomic mass is 32.2. The number of nitrogens with one attached hydrogen (secondary N) is 3. The Hall–Kier alpha value is -3.45. The van der Waals surface area contributed by atoms with Gasteiger partial charge in [-0.25, -0.2) is 22.6 Å². The summed E-state index contributed by atoms with van der Waals surface area (Å²) in [5.41, 5.74) is 0.117. The minimum absolute atomic E-state index is 0.0175. The van der Waals surface area contributed by atoms with Crippen LogP contribution in [0.25, 0.3) is 0 Å². The molecule has 0 saturated carbocycles. The number of halogens is 1. The van der Waals surface area contributed by atoms with Crippen LogP contribution in [0.3, 0.4) is 0 Å². The van der Waals surface area contributed by atoms with Crippen molar-refractivity contribution in [3.63, 3.8) is 0 Å². The van der Waals surface area contributed by atoms with Crippen molar-refractivity contribution in [3.8, 4) is 0 Å². The van der Waals surface area contributed by atoms with Gasteiger partial charge >= 0.3 is 6.09 Å². The first-order valence-electron chi connectivity index (χ1n) is 14.4. The lowest BCUT2D eigenvalue weighted by atomic mass is 9.94. The summed E-state index contributed by atoms with van der Waals surface area (Å²) in [7, 11) is -3.38. The van der Waals surface area contributed by atoms with Crippen LogP contribution >= 0.6 is 0 Å². The van der Waals surface area contributed by atoms with E-state index in [0.717, 1.165) is 18.2 Å². The number of carbonyl (C=O) groups is 2. The molecule has 3 rings (SSSR count). The molecule has 0 radical (unpaired) electrons. The van der Waals surface area contributed by atoms with Crippen LogP contribution < -0.4 is 16.0 Å². The lowest BCUT2D eigenvalue weighted by Gasteiger charge is -2.35. The summed E-state index contributed by atoms with van der Waals surface area (Å²) in [6, 6.07) is 9.84. The molecule has 13 heteroatoms. The van der Waals surface area contributed by atoms with Crippen molar-refractivity contribution < 1.29 is 32.2 Å². The summed E-state index contributed by atoms with van der Waals surface area (Å²) in [6.45, 7) is 9.10. The van der Waals surface area contributed by atoms with Gasteiger partial charge in [-0.15, -0.1) is 0 Å². The Morgan fingerprint density at radius 2 is 1.84 bits per heavy atom. The van der Waals surface area contributed by atoms with Gasteiger partial charge in [-0.3, -0.25) is 9.69 Å². The fourth-order valence-electron chi connectivity index (χ4n) is 4.71. The van der Waals surface area contributed by atoms with Gasteiger partial charge in [0.25, 0.3) is 5.91 Å². The van der Waals surface area contributed by atoms with Gasteiger partial charge in [-0.2, -0.15) is 0 Å². The number of anilines is 2. The number of aliphatic hydroxyl groups is 1. The maximum Gasteiger partial charge on any atom is 0.410 e. The number of benzene rings is 1. The first-order valence-corrected chi connectivity index (χ1v) is 16.5. The number of sulfone groups is 1. The third-order valence-electron chi connectivity index (χ3n) is 6.99. The van der Waals surface area contributed by atoms with E-state index >= 15 is 4.39 Å². The first kappa shape index (κ1) is 34.0. The van der Waals surface area contributed by atoms with Gasteiger partial charge in [0.2, 0.25) is 0 Å². The van der Waals surface area contributed by atoms with E-state index in [2.05, 4.69) is 20.9 Å². The number of carbonyl (C=O) groups excluding carboxylic acids is 2. The van der Waals surface area contributed by atoms with Crippen LogP contribution in [-0.4, -0.2) is 90.1 Å². The number of ether oxygens (including phenoxy) is 1. The number of aromatic nitrogens is 1. The highest BCUT2D eigenvalue weighted by molar-refractivity contribution is 7.90. The number of nitrogens with zero attached hydrogens (tertiary/aromatic N) is 2. The molecule has 4 N–H and O–H groups in total. The fraction of sp³-hybridized carbons (Fsp3) is 0.567. The van der Waals surface area contributed by atoms with Crippen molar-refractivity contribution in [1.82, 2.24) is 15.2 Å². The number of hydrogen-bond donors (Lipinski definition) is 4. The molecule has 0 aliphatic carbocycles. The maximum atomic E-state index is 15.3. The molecule has 11 nitrogen and oxygen atoms in total. The van der Waals surface area contributed by atoms with Crippen LogP contribution in [0.2, 0.25) is 0 Å². The molecule has 1 saturated heterocycles. The summed E-state index contributed by atoms with van der Waals surface area (Å²) in [6.07, 6.45) is -1.72. The number of rotatable bonds is 12. The van der Waals surface area contributed by atoms with Gasteiger partial charge in [0, 0.05) is 24.4 Å². The Balaban J connectivity index is 1.94. The molecule has 2 amide bonds. The summed E-state index contributed by atoms with van der Waals surface area (Å²) in [5, 5.41) is 20.4. The molecule has 1 aromatic carbocycles. The standard InChI is InChI=1S/C30H44FN5O6S/c1-7-19(2)33-25-17-21(16-24(35-25)32-18-43(6,40)41)28(38)34-23(15-20-11-9-8-10-12-20)27(37)26-22(31)13-14-36(26)29(39)42-30(3,4)5/h8-12,16-17,19,22-23,26-27,37H,7,13-15,18H2,1-6H3,(H,34,38)(H2,32,33,35)/t19-,22?,23?,26?,27?/m0/s1. The van der Waals surface area contributed by atoms with Crippen LogP contribution in [-0.2, 0) is 21.0 Å². The van der Waals surface area contributed by atoms with Crippen LogP contribution in [0.15, 0.2) is 42.5 Å². The lowest BCUT2D eigenvalue weighted by molar-refractivity contribution is -0.0123. The smallest absolute Gasteiger partial charge is 0.410 e. The quantitative estimate of drug-likeness (QED) is 0.278. The third kappa shape index (κ3) is 10.3. The van der Waals surface area contributed by atoms with Crippen LogP contribution in [0, 0.1) is 0 Å². The van der Waals surface area contributed by atoms with Gasteiger partial charge in [-0.05, 0) is 64.7 Å². The Labute approximate surface area is 253 Å². The highest BCUT2D eigenvalue weighted by Crippen LogP contribution is 2.28. The van der Waals surface area contributed by atoms with Crippen LogP contribution in [0.4, 0.5) is 20.8 Å². The highest BCUT2D eigenvalue weighted by Gasteiger charge is 2.46. The van der Waals surface area contributed by atoms with Gasteiger partial charge in [0.1, 0.15) is 29.3 Å². The zero-order valence-corrected chi connectivity index (χ0v) is 26.4. The number of pyridine rings is 1. The Bertz CT molecular complexity index is 1350. The predicted molar refractivity (Wildman–Crippen MR) is 165 cm³/mol.